The normalized spacial score (nSPS) is 16.6. The molecule has 1 heterocycles. The number of aryl methyl sites for hydroxylation is 1. The van der Waals surface area contributed by atoms with Crippen molar-refractivity contribution in [3.63, 3.8) is 0 Å². The van der Waals surface area contributed by atoms with E-state index >= 15 is 0 Å². The average Bonchev–Trinajstić information content (AvgIpc) is 2.75. The first kappa shape index (κ1) is 17.8. The van der Waals surface area contributed by atoms with Gasteiger partial charge in [-0.05, 0) is 42.7 Å². The van der Waals surface area contributed by atoms with Crippen LogP contribution in [0, 0.1) is 5.82 Å². The van der Waals surface area contributed by atoms with E-state index in [9.17, 15) is 14.0 Å². The Kier molecular flexibility index (Phi) is 5.60. The van der Waals surface area contributed by atoms with Crippen molar-refractivity contribution in [2.24, 2.45) is 0 Å². The van der Waals surface area contributed by atoms with Crippen molar-refractivity contribution in [3.8, 4) is 0 Å². The van der Waals surface area contributed by atoms with Crippen LogP contribution in [0.25, 0.3) is 0 Å². The van der Waals surface area contributed by atoms with Gasteiger partial charge in [-0.2, -0.15) is 0 Å². The van der Waals surface area contributed by atoms with Crippen LogP contribution in [0.15, 0.2) is 42.5 Å². The van der Waals surface area contributed by atoms with Crippen LogP contribution >= 0.6 is 23.4 Å². The van der Waals surface area contributed by atoms with Crippen LogP contribution in [-0.4, -0.2) is 22.8 Å². The van der Waals surface area contributed by atoms with Crippen LogP contribution in [0.1, 0.15) is 12.0 Å². The second-order valence-corrected chi connectivity index (χ2v) is 7.26. The second kappa shape index (κ2) is 7.89. The molecule has 0 aliphatic carbocycles. The zero-order valence-corrected chi connectivity index (χ0v) is 14.8. The topological polar surface area (TPSA) is 58.2 Å². The van der Waals surface area contributed by atoms with Gasteiger partial charge in [0.2, 0.25) is 11.8 Å². The summed E-state index contributed by atoms with van der Waals surface area (Å²) < 4.78 is 13.1. The Hall–Kier alpha value is -2.05. The van der Waals surface area contributed by atoms with Crippen LogP contribution in [0.5, 0.6) is 0 Å². The number of anilines is 2. The highest BCUT2D eigenvalue weighted by Gasteiger charge is 2.24. The lowest BCUT2D eigenvalue weighted by Crippen LogP contribution is -2.26. The van der Waals surface area contributed by atoms with Gasteiger partial charge in [0, 0.05) is 11.4 Å². The third-order valence-corrected chi connectivity index (χ3v) is 5.43. The Labute approximate surface area is 154 Å². The third-order valence-electron chi connectivity index (χ3n) is 3.86. The van der Waals surface area contributed by atoms with Crippen LogP contribution in [0.3, 0.4) is 0 Å². The highest BCUT2D eigenvalue weighted by Crippen LogP contribution is 2.27. The maximum absolute atomic E-state index is 13.1. The van der Waals surface area contributed by atoms with Gasteiger partial charge >= 0.3 is 0 Å². The van der Waals surface area contributed by atoms with E-state index < -0.39 is 5.82 Å². The first-order valence-electron chi connectivity index (χ1n) is 7.78. The lowest BCUT2D eigenvalue weighted by molar-refractivity contribution is -0.115. The Bertz CT molecular complexity index is 815. The summed E-state index contributed by atoms with van der Waals surface area (Å²) >= 11 is 6.99. The predicted molar refractivity (Wildman–Crippen MR) is 99.7 cm³/mol. The fourth-order valence-electron chi connectivity index (χ4n) is 2.60. The summed E-state index contributed by atoms with van der Waals surface area (Å²) in [7, 11) is 0. The molecule has 0 unspecified atom stereocenters. The van der Waals surface area contributed by atoms with Crippen LogP contribution in [0.2, 0.25) is 5.02 Å². The molecule has 1 atom stereocenters. The van der Waals surface area contributed by atoms with Crippen molar-refractivity contribution < 1.29 is 14.0 Å². The van der Waals surface area contributed by atoms with E-state index in [-0.39, 0.29) is 27.8 Å². The zero-order valence-electron chi connectivity index (χ0n) is 13.2. The lowest BCUT2D eigenvalue weighted by Gasteiger charge is -2.13. The highest BCUT2D eigenvalue weighted by molar-refractivity contribution is 8.01. The van der Waals surface area contributed by atoms with E-state index in [2.05, 4.69) is 10.6 Å². The molecule has 0 saturated carbocycles. The molecule has 0 radical (unpaired) electrons. The Morgan fingerprint density at radius 3 is 2.92 bits per heavy atom. The number of fused-ring (bicyclic) bond motifs is 1. The number of carbonyl (C=O) groups is 2. The molecule has 0 spiro atoms. The standard InChI is InChI=1S/C18H16ClFN2O2S/c19-13-9-12(6-7-14(13)20)21-17(23)10-25-16-8-5-11-3-1-2-4-15(11)22-18(16)24/h1-4,6-7,9,16H,5,8,10H2,(H,21,23)(H,22,24)/t16-/m0/s1. The maximum Gasteiger partial charge on any atom is 0.237 e. The molecule has 7 heteroatoms. The SMILES string of the molecule is O=C(CS[C@H]1CCc2ccccc2NC1=O)Nc1ccc(F)c(Cl)c1. The summed E-state index contributed by atoms with van der Waals surface area (Å²) in [4.78, 5) is 24.4. The smallest absolute Gasteiger partial charge is 0.237 e. The number of halogens is 2. The summed E-state index contributed by atoms with van der Waals surface area (Å²) in [5.41, 5.74) is 2.36. The van der Waals surface area contributed by atoms with E-state index in [0.29, 0.717) is 12.1 Å². The fourth-order valence-corrected chi connectivity index (χ4v) is 3.70. The van der Waals surface area contributed by atoms with Crippen molar-refractivity contribution in [1.82, 2.24) is 0 Å². The number of rotatable bonds is 4. The van der Waals surface area contributed by atoms with Crippen LogP contribution < -0.4 is 10.6 Å². The third kappa shape index (κ3) is 4.52. The number of carbonyl (C=O) groups excluding carboxylic acids is 2. The van der Waals surface area contributed by atoms with Gasteiger partial charge in [0.05, 0.1) is 16.0 Å². The summed E-state index contributed by atoms with van der Waals surface area (Å²) in [6.45, 7) is 0. The van der Waals surface area contributed by atoms with Gasteiger partial charge in [0.15, 0.2) is 0 Å². The Morgan fingerprint density at radius 2 is 2.12 bits per heavy atom. The van der Waals surface area contributed by atoms with E-state index in [0.717, 1.165) is 17.7 Å². The van der Waals surface area contributed by atoms with E-state index in [1.165, 1.54) is 30.0 Å². The molecular weight excluding hydrogens is 363 g/mol. The van der Waals surface area contributed by atoms with E-state index in [4.69, 9.17) is 11.6 Å². The van der Waals surface area contributed by atoms with Crippen molar-refractivity contribution >= 4 is 46.6 Å². The molecule has 0 fully saturated rings. The molecule has 25 heavy (non-hydrogen) atoms. The molecule has 2 N–H and O–H groups in total. The summed E-state index contributed by atoms with van der Waals surface area (Å²) in [6.07, 6.45) is 1.45. The summed E-state index contributed by atoms with van der Waals surface area (Å²) in [6, 6.07) is 11.7. The highest BCUT2D eigenvalue weighted by atomic mass is 35.5. The number of nitrogens with one attached hydrogen (secondary N) is 2. The first-order chi connectivity index (χ1) is 12.0. The molecule has 4 nitrogen and oxygen atoms in total. The first-order valence-corrected chi connectivity index (χ1v) is 9.21. The minimum Gasteiger partial charge on any atom is -0.325 e. The van der Waals surface area contributed by atoms with Gasteiger partial charge in [-0.3, -0.25) is 9.59 Å². The van der Waals surface area contributed by atoms with Gasteiger partial charge in [-0.25, -0.2) is 4.39 Å². The molecule has 0 bridgehead atoms. The van der Waals surface area contributed by atoms with E-state index in [1.807, 2.05) is 24.3 Å². The van der Waals surface area contributed by atoms with Gasteiger partial charge in [0.1, 0.15) is 5.82 Å². The zero-order chi connectivity index (χ0) is 17.8. The van der Waals surface area contributed by atoms with Crippen molar-refractivity contribution in [2.75, 3.05) is 16.4 Å². The molecule has 2 aromatic rings. The number of thioether (sulfide) groups is 1. The van der Waals surface area contributed by atoms with Crippen molar-refractivity contribution in [3.05, 3.63) is 58.9 Å². The molecule has 1 aliphatic rings. The maximum atomic E-state index is 13.1. The van der Waals surface area contributed by atoms with Gasteiger partial charge in [-0.1, -0.05) is 29.8 Å². The van der Waals surface area contributed by atoms with Crippen molar-refractivity contribution in [2.45, 2.75) is 18.1 Å². The Balaban J connectivity index is 1.55. The van der Waals surface area contributed by atoms with Crippen LogP contribution in [-0.2, 0) is 16.0 Å². The second-order valence-electron chi connectivity index (χ2n) is 5.66. The minimum absolute atomic E-state index is 0.0497. The number of hydrogen-bond donors (Lipinski definition) is 2. The monoisotopic (exact) mass is 378 g/mol. The number of hydrogen-bond acceptors (Lipinski definition) is 3. The lowest BCUT2D eigenvalue weighted by atomic mass is 10.1. The molecular formula is C18H16ClFN2O2S. The minimum atomic E-state index is -0.538. The van der Waals surface area contributed by atoms with Crippen molar-refractivity contribution in [1.29, 1.82) is 0 Å². The quantitative estimate of drug-likeness (QED) is 0.841. The fraction of sp³-hybridized carbons (Fsp3) is 0.222. The van der Waals surface area contributed by atoms with Crippen LogP contribution in [0.4, 0.5) is 15.8 Å². The molecule has 2 amide bonds. The number of amides is 2. The number of para-hydroxylation sites is 1. The summed E-state index contributed by atoms with van der Waals surface area (Å²) in [5, 5.41) is 5.22. The Morgan fingerprint density at radius 1 is 1.32 bits per heavy atom. The molecule has 130 valence electrons. The largest absolute Gasteiger partial charge is 0.325 e. The number of benzene rings is 2. The predicted octanol–water partition coefficient (Wildman–Crippen LogP) is 4.10. The molecule has 0 aromatic heterocycles. The molecule has 1 aliphatic heterocycles. The molecule has 3 rings (SSSR count). The van der Waals surface area contributed by atoms with Gasteiger partial charge in [0.25, 0.3) is 0 Å². The average molecular weight is 379 g/mol. The van der Waals surface area contributed by atoms with Gasteiger partial charge in [-0.15, -0.1) is 11.8 Å². The molecule has 2 aromatic carbocycles. The summed E-state index contributed by atoms with van der Waals surface area (Å²) in [5.74, 6) is -0.762. The molecule has 0 saturated heterocycles. The van der Waals surface area contributed by atoms with E-state index in [1.54, 1.807) is 0 Å². The van der Waals surface area contributed by atoms with Gasteiger partial charge < -0.3 is 10.6 Å².